The van der Waals surface area contributed by atoms with E-state index in [1.165, 1.54) is 51.4 Å². The topological polar surface area (TPSA) is 44.3 Å². The van der Waals surface area contributed by atoms with Gasteiger partial charge in [0.15, 0.2) is 0 Å². The summed E-state index contributed by atoms with van der Waals surface area (Å²) in [7, 11) is 1.85. The molecule has 0 bridgehead atoms. The molecule has 9 heteroatoms. The highest BCUT2D eigenvalue weighted by atomic mass is 32.2. The molecule has 5 nitrogen and oxygen atoms in total. The van der Waals surface area contributed by atoms with Crippen molar-refractivity contribution in [2.75, 3.05) is 55.3 Å². The molecule has 2 saturated carbocycles. The molecule has 1 atom stereocenters. The number of alkyl halides is 3. The summed E-state index contributed by atoms with van der Waals surface area (Å²) in [5.74, 6) is 1.50. The lowest BCUT2D eigenvalue weighted by molar-refractivity contribution is -0.144. The van der Waals surface area contributed by atoms with Gasteiger partial charge >= 0.3 is 6.18 Å². The predicted molar refractivity (Wildman–Crippen MR) is 135 cm³/mol. The van der Waals surface area contributed by atoms with Crippen LogP contribution in [0.2, 0.25) is 0 Å². The number of nitrogens with one attached hydrogen (secondary N) is 1. The summed E-state index contributed by atoms with van der Waals surface area (Å²) in [6, 6.07) is 1.79. The monoisotopic (exact) mass is 499 g/mol. The Kier molecular flexibility index (Phi) is 8.54. The zero-order chi connectivity index (χ0) is 24.2. The Labute approximate surface area is 206 Å². The maximum absolute atomic E-state index is 13.9. The number of halogens is 3. The van der Waals surface area contributed by atoms with Crippen molar-refractivity contribution >= 4 is 23.4 Å². The lowest BCUT2D eigenvalue weighted by Gasteiger charge is -2.50. The summed E-state index contributed by atoms with van der Waals surface area (Å²) in [6.07, 6.45) is 6.23. The summed E-state index contributed by atoms with van der Waals surface area (Å²) < 4.78 is 41.6. The zero-order valence-electron chi connectivity index (χ0n) is 20.7. The molecule has 34 heavy (non-hydrogen) atoms. The Hall–Kier alpha value is -1.22. The second kappa shape index (κ2) is 11.2. The fourth-order valence-corrected chi connectivity index (χ4v) is 7.10. The number of thioether (sulfide) groups is 1. The fourth-order valence-electron chi connectivity index (χ4n) is 5.94. The van der Waals surface area contributed by atoms with Gasteiger partial charge in [-0.2, -0.15) is 24.9 Å². The molecule has 1 saturated heterocycles. The normalized spacial score (nSPS) is 23.4. The maximum atomic E-state index is 13.9. The van der Waals surface area contributed by atoms with Crippen molar-refractivity contribution in [2.24, 2.45) is 11.3 Å². The number of aromatic nitrogens is 2. The predicted octanol–water partition coefficient (Wildman–Crippen LogP) is 5.60. The van der Waals surface area contributed by atoms with Crippen molar-refractivity contribution in [1.29, 1.82) is 0 Å². The van der Waals surface area contributed by atoms with Gasteiger partial charge in [0.05, 0.1) is 0 Å². The minimum atomic E-state index is -4.57. The lowest BCUT2D eigenvalue weighted by atomic mass is 9.59. The highest BCUT2D eigenvalue weighted by Gasteiger charge is 2.44. The largest absolute Gasteiger partial charge is 0.451 e. The van der Waals surface area contributed by atoms with Gasteiger partial charge in [-0.25, -0.2) is 9.97 Å². The summed E-state index contributed by atoms with van der Waals surface area (Å²) in [5.41, 5.74) is 0.214. The van der Waals surface area contributed by atoms with E-state index in [1.54, 1.807) is 6.07 Å². The Morgan fingerprint density at radius 2 is 1.85 bits per heavy atom. The number of hydrogen-bond donors (Lipinski definition) is 1. The van der Waals surface area contributed by atoms with Gasteiger partial charge in [0.2, 0.25) is 5.82 Å². The molecule has 0 radical (unpaired) electrons. The highest BCUT2D eigenvalue weighted by Crippen LogP contribution is 2.51. The number of hydrogen-bond acceptors (Lipinski definition) is 6. The van der Waals surface area contributed by atoms with Gasteiger partial charge in [-0.05, 0) is 43.4 Å². The molecular formula is C25H40F3N5S. The number of nitrogens with zero attached hydrogens (tertiary/aromatic N) is 4. The Balaban J connectivity index is 1.62. The van der Waals surface area contributed by atoms with Crippen molar-refractivity contribution in [2.45, 2.75) is 76.1 Å². The van der Waals surface area contributed by atoms with Crippen molar-refractivity contribution in [3.63, 3.8) is 0 Å². The number of rotatable bonds is 9. The third-order valence-electron chi connectivity index (χ3n) is 7.97. The first-order valence-corrected chi connectivity index (χ1v) is 14.1. The molecule has 1 N–H and O–H groups in total. The van der Waals surface area contributed by atoms with E-state index < -0.39 is 12.0 Å². The van der Waals surface area contributed by atoms with Crippen molar-refractivity contribution in [3.8, 4) is 0 Å². The first-order valence-electron chi connectivity index (χ1n) is 13.1. The molecule has 1 unspecified atom stereocenters. The second-order valence-corrected chi connectivity index (χ2v) is 11.9. The van der Waals surface area contributed by atoms with E-state index in [0.29, 0.717) is 35.9 Å². The summed E-state index contributed by atoms with van der Waals surface area (Å²) in [4.78, 5) is 12.1. The van der Waals surface area contributed by atoms with Gasteiger partial charge in [-0.15, -0.1) is 0 Å². The van der Waals surface area contributed by atoms with Crippen LogP contribution in [0.15, 0.2) is 6.07 Å². The Morgan fingerprint density at radius 3 is 2.44 bits per heavy atom. The molecule has 3 fully saturated rings. The summed E-state index contributed by atoms with van der Waals surface area (Å²) in [6.45, 7) is 6.13. The van der Waals surface area contributed by atoms with Crippen LogP contribution in [0.5, 0.6) is 0 Å². The zero-order valence-corrected chi connectivity index (χ0v) is 21.5. The van der Waals surface area contributed by atoms with Gasteiger partial charge in [-0.3, -0.25) is 0 Å². The van der Waals surface area contributed by atoms with E-state index in [2.05, 4.69) is 27.1 Å². The van der Waals surface area contributed by atoms with Crippen LogP contribution in [-0.4, -0.2) is 60.7 Å². The fraction of sp³-hybridized carbons (Fsp3) is 0.840. The lowest BCUT2D eigenvalue weighted by Crippen LogP contribution is -2.47. The molecule has 1 aliphatic heterocycles. The molecule has 2 heterocycles. The molecule has 3 aliphatic rings. The highest BCUT2D eigenvalue weighted by molar-refractivity contribution is 8.00. The molecule has 4 rings (SSSR count). The van der Waals surface area contributed by atoms with Gasteiger partial charge in [0, 0.05) is 56.8 Å². The summed E-state index contributed by atoms with van der Waals surface area (Å²) in [5, 5.41) is 3.71. The third kappa shape index (κ3) is 6.12. The van der Waals surface area contributed by atoms with E-state index in [-0.39, 0.29) is 5.41 Å². The maximum Gasteiger partial charge on any atom is 0.451 e. The quantitative estimate of drug-likeness (QED) is 0.477. The van der Waals surface area contributed by atoms with Gasteiger partial charge in [0.1, 0.15) is 11.6 Å². The SMILES string of the molecule is CCCN(CC1(C2CCC2)CCCCC1)c1cc(N(C)CC2CNCCS2)nc(C(F)(F)F)n1. The van der Waals surface area contributed by atoms with Crippen LogP contribution >= 0.6 is 11.8 Å². The van der Waals surface area contributed by atoms with E-state index in [4.69, 9.17) is 0 Å². The molecule has 2 aliphatic carbocycles. The van der Waals surface area contributed by atoms with Crippen molar-refractivity contribution in [3.05, 3.63) is 11.9 Å². The minimum absolute atomic E-state index is 0.214. The van der Waals surface area contributed by atoms with Crippen LogP contribution in [0.3, 0.4) is 0 Å². The van der Waals surface area contributed by atoms with E-state index in [0.717, 1.165) is 31.8 Å². The van der Waals surface area contributed by atoms with Crippen LogP contribution in [0, 0.1) is 11.3 Å². The molecular weight excluding hydrogens is 459 g/mol. The van der Waals surface area contributed by atoms with E-state index in [1.807, 2.05) is 23.7 Å². The molecule has 0 amide bonds. The molecule has 1 aromatic heterocycles. The Bertz CT molecular complexity index is 789. The van der Waals surface area contributed by atoms with Crippen LogP contribution in [0.4, 0.5) is 24.8 Å². The van der Waals surface area contributed by atoms with Gasteiger partial charge in [0.25, 0.3) is 0 Å². The molecule has 1 aromatic rings. The Morgan fingerprint density at radius 1 is 1.12 bits per heavy atom. The average Bonchev–Trinajstić information content (AvgIpc) is 2.78. The van der Waals surface area contributed by atoms with Crippen LogP contribution in [-0.2, 0) is 6.18 Å². The van der Waals surface area contributed by atoms with E-state index >= 15 is 0 Å². The van der Waals surface area contributed by atoms with Crippen molar-refractivity contribution in [1.82, 2.24) is 15.3 Å². The third-order valence-corrected chi connectivity index (χ3v) is 9.20. The van der Waals surface area contributed by atoms with Crippen molar-refractivity contribution < 1.29 is 13.2 Å². The smallest absolute Gasteiger partial charge is 0.358 e. The minimum Gasteiger partial charge on any atom is -0.358 e. The molecule has 0 spiro atoms. The number of anilines is 2. The molecule has 192 valence electrons. The van der Waals surface area contributed by atoms with Gasteiger partial charge in [-0.1, -0.05) is 32.6 Å². The van der Waals surface area contributed by atoms with Gasteiger partial charge < -0.3 is 15.1 Å². The molecule has 0 aromatic carbocycles. The van der Waals surface area contributed by atoms with Crippen LogP contribution in [0.25, 0.3) is 0 Å². The van der Waals surface area contributed by atoms with E-state index in [9.17, 15) is 13.2 Å². The van der Waals surface area contributed by atoms with Crippen LogP contribution in [0.1, 0.15) is 70.5 Å². The second-order valence-electron chi connectivity index (χ2n) is 10.5. The standard InChI is InChI=1S/C25H40F3N5S/c1-3-13-33(18-24(19-8-7-9-19)10-5-4-6-11-24)22-15-21(30-23(31-22)25(26,27)28)32(2)17-20-16-29-12-14-34-20/h15,19-20,29H,3-14,16-18H2,1-2H3. The first kappa shape index (κ1) is 25.9. The average molecular weight is 500 g/mol. The first-order chi connectivity index (χ1) is 16.3. The summed E-state index contributed by atoms with van der Waals surface area (Å²) >= 11 is 1.87. The van der Waals surface area contributed by atoms with Crippen LogP contribution < -0.4 is 15.1 Å².